The van der Waals surface area contributed by atoms with E-state index in [1.165, 1.54) is 5.57 Å². The van der Waals surface area contributed by atoms with Crippen molar-refractivity contribution in [1.29, 1.82) is 0 Å². The second-order valence-corrected chi connectivity index (χ2v) is 7.89. The van der Waals surface area contributed by atoms with Crippen molar-refractivity contribution >= 4 is 17.4 Å². The predicted octanol–water partition coefficient (Wildman–Crippen LogP) is 5.13. The molecule has 3 unspecified atom stereocenters. The van der Waals surface area contributed by atoms with Crippen molar-refractivity contribution in [2.24, 2.45) is 5.92 Å². The SMILES string of the molecule is CCC(O)C(C)CCCC(C)=CCC(O)C(C)=Cc1csc(C)n1. The highest BCUT2D eigenvalue weighted by Crippen LogP contribution is 2.19. The van der Waals surface area contributed by atoms with Crippen LogP contribution in [0.25, 0.3) is 6.08 Å². The first-order valence-electron chi connectivity index (χ1n) is 8.95. The highest BCUT2D eigenvalue weighted by atomic mass is 32.1. The number of allylic oxidation sites excluding steroid dienone is 1. The van der Waals surface area contributed by atoms with Crippen LogP contribution in [0.4, 0.5) is 0 Å². The van der Waals surface area contributed by atoms with Crippen LogP contribution in [0.2, 0.25) is 0 Å². The van der Waals surface area contributed by atoms with E-state index in [4.69, 9.17) is 0 Å². The van der Waals surface area contributed by atoms with Crippen LogP contribution in [0.15, 0.2) is 22.6 Å². The summed E-state index contributed by atoms with van der Waals surface area (Å²) in [7, 11) is 0. The molecule has 0 saturated heterocycles. The maximum Gasteiger partial charge on any atom is 0.0901 e. The topological polar surface area (TPSA) is 53.4 Å². The van der Waals surface area contributed by atoms with E-state index >= 15 is 0 Å². The van der Waals surface area contributed by atoms with Crippen molar-refractivity contribution in [3.8, 4) is 0 Å². The second-order valence-electron chi connectivity index (χ2n) is 6.83. The Morgan fingerprint density at radius 2 is 2.04 bits per heavy atom. The Hall–Kier alpha value is -0.970. The minimum absolute atomic E-state index is 0.182. The molecule has 1 aromatic rings. The molecule has 0 aliphatic heterocycles. The summed E-state index contributed by atoms with van der Waals surface area (Å²) in [4.78, 5) is 4.40. The van der Waals surface area contributed by atoms with Gasteiger partial charge in [-0.05, 0) is 70.4 Å². The predicted molar refractivity (Wildman–Crippen MR) is 104 cm³/mol. The molecule has 1 aromatic heterocycles. The van der Waals surface area contributed by atoms with Crippen LogP contribution < -0.4 is 0 Å². The summed E-state index contributed by atoms with van der Waals surface area (Å²) in [6, 6.07) is 0. The van der Waals surface area contributed by atoms with Crippen LogP contribution in [-0.2, 0) is 0 Å². The van der Waals surface area contributed by atoms with Gasteiger partial charge in [-0.1, -0.05) is 25.5 Å². The zero-order valence-corrected chi connectivity index (χ0v) is 16.6. The van der Waals surface area contributed by atoms with Gasteiger partial charge in [0.2, 0.25) is 0 Å². The second kappa shape index (κ2) is 10.8. The largest absolute Gasteiger partial charge is 0.393 e. The summed E-state index contributed by atoms with van der Waals surface area (Å²) < 4.78 is 0. The number of hydrogen-bond donors (Lipinski definition) is 2. The molecule has 0 bridgehead atoms. The van der Waals surface area contributed by atoms with Crippen molar-refractivity contribution in [1.82, 2.24) is 4.98 Å². The number of aryl methyl sites for hydroxylation is 1. The summed E-state index contributed by atoms with van der Waals surface area (Å²) in [6.45, 7) is 10.2. The summed E-state index contributed by atoms with van der Waals surface area (Å²) >= 11 is 1.62. The van der Waals surface area contributed by atoms with Gasteiger partial charge >= 0.3 is 0 Å². The lowest BCUT2D eigenvalue weighted by Gasteiger charge is -2.17. The average molecular weight is 352 g/mol. The molecule has 4 heteroatoms. The van der Waals surface area contributed by atoms with Crippen LogP contribution in [0, 0.1) is 12.8 Å². The Balaban J connectivity index is 2.39. The standard InChI is InChI=1S/C20H33NO2S/c1-6-19(22)15(3)9-7-8-14(2)10-11-20(23)16(4)12-18-13-24-17(5)21-18/h10,12-13,15,19-20,22-23H,6-9,11H2,1-5H3. The van der Waals surface area contributed by atoms with Gasteiger partial charge in [0.1, 0.15) is 0 Å². The Kier molecular flexibility index (Phi) is 9.49. The molecule has 1 rings (SSSR count). The fourth-order valence-corrected chi connectivity index (χ4v) is 3.24. The van der Waals surface area contributed by atoms with Crippen molar-refractivity contribution in [2.75, 3.05) is 0 Å². The van der Waals surface area contributed by atoms with E-state index < -0.39 is 6.10 Å². The van der Waals surface area contributed by atoms with Crippen molar-refractivity contribution < 1.29 is 10.2 Å². The summed E-state index contributed by atoms with van der Waals surface area (Å²) in [5, 5.41) is 23.1. The lowest BCUT2D eigenvalue weighted by molar-refractivity contribution is 0.107. The minimum atomic E-state index is -0.456. The lowest BCUT2D eigenvalue weighted by atomic mass is 9.95. The summed E-state index contributed by atoms with van der Waals surface area (Å²) in [5.74, 6) is 0.361. The molecule has 2 N–H and O–H groups in total. The third-order valence-corrected chi connectivity index (χ3v) is 5.32. The Labute approximate surface area is 151 Å². The molecule has 3 atom stereocenters. The van der Waals surface area contributed by atoms with E-state index in [9.17, 15) is 10.2 Å². The number of aliphatic hydroxyl groups excluding tert-OH is 2. The highest BCUT2D eigenvalue weighted by Gasteiger charge is 2.11. The van der Waals surface area contributed by atoms with Gasteiger partial charge in [0.05, 0.1) is 22.9 Å². The highest BCUT2D eigenvalue weighted by molar-refractivity contribution is 7.09. The Bertz CT molecular complexity index is 548. The van der Waals surface area contributed by atoms with E-state index in [1.807, 2.05) is 32.2 Å². The smallest absolute Gasteiger partial charge is 0.0901 e. The molecule has 0 aliphatic rings. The van der Waals surface area contributed by atoms with Crippen LogP contribution >= 0.6 is 11.3 Å². The quantitative estimate of drug-likeness (QED) is 0.575. The molecule has 0 radical (unpaired) electrons. The van der Waals surface area contributed by atoms with Crippen LogP contribution in [-0.4, -0.2) is 27.4 Å². The molecular formula is C20H33NO2S. The summed E-state index contributed by atoms with van der Waals surface area (Å²) in [6.07, 6.45) is 8.09. The fraction of sp³-hybridized carbons (Fsp3) is 0.650. The molecule has 24 heavy (non-hydrogen) atoms. The van der Waals surface area contributed by atoms with E-state index in [0.717, 1.165) is 42.0 Å². The minimum Gasteiger partial charge on any atom is -0.393 e. The maximum atomic E-state index is 10.3. The number of nitrogens with zero attached hydrogens (tertiary/aromatic N) is 1. The molecule has 0 fully saturated rings. The van der Waals surface area contributed by atoms with Gasteiger partial charge < -0.3 is 10.2 Å². The van der Waals surface area contributed by atoms with Crippen LogP contribution in [0.1, 0.15) is 70.5 Å². The summed E-state index contributed by atoms with van der Waals surface area (Å²) in [5.41, 5.74) is 3.19. The third-order valence-electron chi connectivity index (χ3n) is 4.53. The number of aromatic nitrogens is 1. The van der Waals surface area contributed by atoms with E-state index in [-0.39, 0.29) is 6.10 Å². The molecule has 0 saturated carbocycles. The van der Waals surface area contributed by atoms with Crippen LogP contribution in [0.5, 0.6) is 0 Å². The van der Waals surface area contributed by atoms with Gasteiger partial charge in [0.25, 0.3) is 0 Å². The van der Waals surface area contributed by atoms with Gasteiger partial charge in [-0.3, -0.25) is 0 Å². The first kappa shape index (κ1) is 21.1. The van der Waals surface area contributed by atoms with E-state index in [1.54, 1.807) is 11.3 Å². The molecule has 1 heterocycles. The number of rotatable bonds is 10. The van der Waals surface area contributed by atoms with Crippen molar-refractivity contribution in [3.63, 3.8) is 0 Å². The van der Waals surface area contributed by atoms with Gasteiger partial charge in [0, 0.05) is 5.38 Å². The lowest BCUT2D eigenvalue weighted by Crippen LogP contribution is -2.16. The molecule has 0 amide bonds. The zero-order valence-electron chi connectivity index (χ0n) is 15.7. The molecule has 0 spiro atoms. The molecule has 0 aromatic carbocycles. The molecule has 3 nitrogen and oxygen atoms in total. The monoisotopic (exact) mass is 351 g/mol. The van der Waals surface area contributed by atoms with Gasteiger partial charge in [-0.25, -0.2) is 4.98 Å². The molecule has 0 aliphatic carbocycles. The number of aliphatic hydroxyl groups is 2. The third kappa shape index (κ3) is 7.73. The fourth-order valence-electron chi connectivity index (χ4n) is 2.67. The van der Waals surface area contributed by atoms with Gasteiger partial charge in [0.15, 0.2) is 0 Å². The number of hydrogen-bond acceptors (Lipinski definition) is 4. The first-order chi connectivity index (χ1) is 11.3. The normalized spacial score (nSPS) is 17.0. The number of thiazole rings is 1. The van der Waals surface area contributed by atoms with Crippen molar-refractivity contribution in [3.05, 3.63) is 33.3 Å². The Morgan fingerprint density at radius 1 is 1.33 bits per heavy atom. The van der Waals surface area contributed by atoms with Crippen molar-refractivity contribution in [2.45, 2.75) is 78.9 Å². The zero-order chi connectivity index (χ0) is 18.1. The average Bonchev–Trinajstić information content (AvgIpc) is 2.96. The Morgan fingerprint density at radius 3 is 2.62 bits per heavy atom. The van der Waals surface area contributed by atoms with Crippen LogP contribution in [0.3, 0.4) is 0 Å². The maximum absolute atomic E-state index is 10.3. The first-order valence-corrected chi connectivity index (χ1v) is 9.83. The van der Waals surface area contributed by atoms with Gasteiger partial charge in [-0.2, -0.15) is 0 Å². The van der Waals surface area contributed by atoms with E-state index in [2.05, 4.69) is 24.9 Å². The van der Waals surface area contributed by atoms with Gasteiger partial charge in [-0.15, -0.1) is 11.3 Å². The molecule has 136 valence electrons. The van der Waals surface area contributed by atoms with E-state index in [0.29, 0.717) is 12.3 Å². The molecular weight excluding hydrogens is 318 g/mol.